The normalized spacial score (nSPS) is 10.3. The summed E-state index contributed by atoms with van der Waals surface area (Å²) in [5, 5.41) is 15.4. The molecule has 7 heteroatoms. The molecule has 0 aliphatic carbocycles. The molecule has 2 N–H and O–H groups in total. The molecule has 2 rings (SSSR count). The Morgan fingerprint density at radius 3 is 2.60 bits per heavy atom. The van der Waals surface area contributed by atoms with Crippen LogP contribution in [0.2, 0.25) is 0 Å². The van der Waals surface area contributed by atoms with Crippen LogP contribution in [0.15, 0.2) is 24.3 Å². The van der Waals surface area contributed by atoms with E-state index in [9.17, 15) is 14.0 Å². The zero-order valence-electron chi connectivity index (χ0n) is 10.8. The number of nitrogens with zero attached hydrogens (tertiary/aromatic N) is 2. The molecule has 0 atom stereocenters. The predicted octanol–water partition coefficient (Wildman–Crippen LogP) is 1.82. The number of rotatable bonds is 3. The van der Waals surface area contributed by atoms with Gasteiger partial charge in [-0.15, -0.1) is 0 Å². The number of nitrogens with one attached hydrogen (secondary N) is 1. The summed E-state index contributed by atoms with van der Waals surface area (Å²) in [5.74, 6) is -2.60. The summed E-state index contributed by atoms with van der Waals surface area (Å²) >= 11 is 0. The maximum absolute atomic E-state index is 13.5. The van der Waals surface area contributed by atoms with Crippen LogP contribution in [0.5, 0.6) is 0 Å². The Kier molecular flexibility index (Phi) is 3.51. The van der Waals surface area contributed by atoms with Gasteiger partial charge in [-0.25, -0.2) is 9.18 Å². The Labute approximate surface area is 113 Å². The molecule has 20 heavy (non-hydrogen) atoms. The minimum absolute atomic E-state index is 0.0169. The van der Waals surface area contributed by atoms with E-state index in [1.165, 1.54) is 36.9 Å². The first-order valence-electron chi connectivity index (χ1n) is 5.74. The monoisotopic (exact) mass is 277 g/mol. The lowest BCUT2D eigenvalue weighted by Crippen LogP contribution is -2.18. The van der Waals surface area contributed by atoms with Crippen LogP contribution in [0.4, 0.5) is 10.2 Å². The number of halogens is 1. The first kappa shape index (κ1) is 13.7. The average molecular weight is 277 g/mol. The highest BCUT2D eigenvalue weighted by atomic mass is 19.1. The molecule has 0 fully saturated rings. The number of anilines is 1. The first-order chi connectivity index (χ1) is 9.41. The molecule has 0 aliphatic heterocycles. The smallest absolute Gasteiger partial charge is 0.341 e. The molecular formula is C13H12FN3O3. The van der Waals surface area contributed by atoms with E-state index in [-0.39, 0.29) is 22.6 Å². The summed E-state index contributed by atoms with van der Waals surface area (Å²) in [7, 11) is 1.50. The minimum atomic E-state index is -1.21. The largest absolute Gasteiger partial charge is 0.477 e. The number of carbonyl (C=O) groups excluding carboxylic acids is 1. The topological polar surface area (TPSA) is 84.2 Å². The van der Waals surface area contributed by atoms with Crippen molar-refractivity contribution in [3.05, 3.63) is 46.9 Å². The van der Waals surface area contributed by atoms with Gasteiger partial charge in [0.2, 0.25) is 0 Å². The number of aromatic carboxylic acids is 1. The summed E-state index contributed by atoms with van der Waals surface area (Å²) in [5.41, 5.74) is -0.0104. The van der Waals surface area contributed by atoms with Crippen molar-refractivity contribution in [1.29, 1.82) is 0 Å². The Balaban J connectivity index is 2.38. The summed E-state index contributed by atoms with van der Waals surface area (Å²) in [4.78, 5) is 23.1. The molecule has 1 aromatic heterocycles. The molecule has 0 saturated heterocycles. The Morgan fingerprint density at radius 2 is 2.00 bits per heavy atom. The second-order valence-electron chi connectivity index (χ2n) is 4.17. The van der Waals surface area contributed by atoms with Crippen molar-refractivity contribution >= 4 is 17.7 Å². The fourth-order valence-electron chi connectivity index (χ4n) is 1.88. The summed E-state index contributed by atoms with van der Waals surface area (Å²) in [6.07, 6.45) is 0. The second kappa shape index (κ2) is 5.12. The van der Waals surface area contributed by atoms with Crippen LogP contribution in [0.25, 0.3) is 0 Å². The Morgan fingerprint density at radius 1 is 1.35 bits per heavy atom. The van der Waals surface area contributed by atoms with Gasteiger partial charge in [0.05, 0.1) is 11.3 Å². The van der Waals surface area contributed by atoms with Crippen molar-refractivity contribution in [2.45, 2.75) is 6.92 Å². The molecule has 0 saturated carbocycles. The molecule has 1 aromatic carbocycles. The molecule has 0 aliphatic rings. The van der Waals surface area contributed by atoms with Crippen LogP contribution >= 0.6 is 0 Å². The molecule has 1 amide bonds. The lowest BCUT2D eigenvalue weighted by molar-refractivity contribution is 0.0697. The second-order valence-corrected chi connectivity index (χ2v) is 4.17. The van der Waals surface area contributed by atoms with Crippen molar-refractivity contribution in [2.75, 3.05) is 5.32 Å². The van der Waals surface area contributed by atoms with Crippen molar-refractivity contribution < 1.29 is 19.1 Å². The van der Waals surface area contributed by atoms with Crippen LogP contribution in [-0.4, -0.2) is 26.8 Å². The van der Waals surface area contributed by atoms with Crippen molar-refractivity contribution in [3.63, 3.8) is 0 Å². The third-order valence-electron chi connectivity index (χ3n) is 2.79. The third-order valence-corrected chi connectivity index (χ3v) is 2.79. The molecular weight excluding hydrogens is 265 g/mol. The SMILES string of the molecule is Cc1nn(C)c(NC(=O)c2ccccc2F)c1C(=O)O. The van der Waals surface area contributed by atoms with Crippen molar-refractivity contribution in [2.24, 2.45) is 7.05 Å². The van der Waals surface area contributed by atoms with Gasteiger partial charge in [0.15, 0.2) is 0 Å². The average Bonchev–Trinajstić information content (AvgIpc) is 2.64. The standard InChI is InChI=1S/C13H12FN3O3/c1-7-10(13(19)20)11(17(2)16-7)15-12(18)8-5-3-4-6-9(8)14/h3-6H,1-2H3,(H,15,18)(H,19,20). The summed E-state index contributed by atoms with van der Waals surface area (Å²) in [6, 6.07) is 5.45. The summed E-state index contributed by atoms with van der Waals surface area (Å²) < 4.78 is 14.7. The van der Waals surface area contributed by atoms with Gasteiger partial charge < -0.3 is 10.4 Å². The lowest BCUT2D eigenvalue weighted by atomic mass is 10.2. The van der Waals surface area contributed by atoms with E-state index in [1.54, 1.807) is 0 Å². The van der Waals surface area contributed by atoms with Gasteiger partial charge in [-0.1, -0.05) is 12.1 Å². The van der Waals surface area contributed by atoms with Gasteiger partial charge in [0, 0.05) is 7.05 Å². The van der Waals surface area contributed by atoms with E-state index in [4.69, 9.17) is 5.11 Å². The maximum atomic E-state index is 13.5. The number of carboxylic acids is 1. The molecule has 104 valence electrons. The molecule has 0 spiro atoms. The molecule has 2 aromatic rings. The van der Waals surface area contributed by atoms with Gasteiger partial charge in [-0.2, -0.15) is 5.10 Å². The maximum Gasteiger partial charge on any atom is 0.341 e. The number of hydrogen-bond donors (Lipinski definition) is 2. The fraction of sp³-hybridized carbons (Fsp3) is 0.154. The minimum Gasteiger partial charge on any atom is -0.477 e. The quantitative estimate of drug-likeness (QED) is 0.896. The van der Waals surface area contributed by atoms with Crippen LogP contribution in [0, 0.1) is 12.7 Å². The van der Waals surface area contributed by atoms with Gasteiger partial charge in [0.1, 0.15) is 17.2 Å². The first-order valence-corrected chi connectivity index (χ1v) is 5.74. The van der Waals surface area contributed by atoms with Gasteiger partial charge in [0.25, 0.3) is 5.91 Å². The lowest BCUT2D eigenvalue weighted by Gasteiger charge is -2.07. The van der Waals surface area contributed by atoms with E-state index >= 15 is 0 Å². The third kappa shape index (κ3) is 2.37. The fourth-order valence-corrected chi connectivity index (χ4v) is 1.88. The van der Waals surface area contributed by atoms with E-state index in [2.05, 4.69) is 10.4 Å². The molecule has 1 heterocycles. The van der Waals surface area contributed by atoms with Crippen LogP contribution < -0.4 is 5.32 Å². The zero-order valence-corrected chi connectivity index (χ0v) is 10.8. The highest BCUT2D eigenvalue weighted by Crippen LogP contribution is 2.20. The molecule has 6 nitrogen and oxygen atoms in total. The number of carboxylic acid groups (broad SMARTS) is 1. The van der Waals surface area contributed by atoms with E-state index in [0.717, 1.165) is 6.07 Å². The number of hydrogen-bond acceptors (Lipinski definition) is 3. The molecule has 0 bridgehead atoms. The Hall–Kier alpha value is -2.70. The van der Waals surface area contributed by atoms with Crippen LogP contribution in [0.1, 0.15) is 26.4 Å². The van der Waals surface area contributed by atoms with E-state index in [1.807, 2.05) is 0 Å². The van der Waals surface area contributed by atoms with Gasteiger partial charge >= 0.3 is 5.97 Å². The number of benzene rings is 1. The van der Waals surface area contributed by atoms with E-state index < -0.39 is 17.7 Å². The zero-order chi connectivity index (χ0) is 14.9. The molecule has 0 unspecified atom stereocenters. The number of carbonyl (C=O) groups is 2. The number of amides is 1. The van der Waals surface area contributed by atoms with Gasteiger partial charge in [-0.3, -0.25) is 9.48 Å². The van der Waals surface area contributed by atoms with Crippen molar-refractivity contribution in [3.8, 4) is 0 Å². The summed E-state index contributed by atoms with van der Waals surface area (Å²) in [6.45, 7) is 1.52. The Bertz CT molecular complexity index is 694. The van der Waals surface area contributed by atoms with E-state index in [0.29, 0.717) is 0 Å². The van der Waals surface area contributed by atoms with Crippen LogP contribution in [-0.2, 0) is 7.05 Å². The predicted molar refractivity (Wildman–Crippen MR) is 69.3 cm³/mol. The van der Waals surface area contributed by atoms with Gasteiger partial charge in [-0.05, 0) is 19.1 Å². The highest BCUT2D eigenvalue weighted by molar-refractivity contribution is 6.07. The molecule has 0 radical (unpaired) electrons. The number of aromatic nitrogens is 2. The van der Waals surface area contributed by atoms with Crippen LogP contribution in [0.3, 0.4) is 0 Å². The van der Waals surface area contributed by atoms with Crippen molar-refractivity contribution in [1.82, 2.24) is 9.78 Å². The highest BCUT2D eigenvalue weighted by Gasteiger charge is 2.22. The number of aryl methyl sites for hydroxylation is 2.